The van der Waals surface area contributed by atoms with Gasteiger partial charge < -0.3 is 10.4 Å². The first-order chi connectivity index (χ1) is 10.2. The molecule has 0 aromatic carbocycles. The van der Waals surface area contributed by atoms with E-state index in [-0.39, 0.29) is 0 Å². The molecule has 1 aliphatic heterocycles. The van der Waals surface area contributed by atoms with Gasteiger partial charge in [-0.15, -0.1) is 0 Å². The molecule has 0 unspecified atom stereocenters. The number of hydrogen-bond donors (Lipinski definition) is 2. The second-order valence-corrected chi connectivity index (χ2v) is 6.72. The molecule has 2 N–H and O–H groups in total. The van der Waals surface area contributed by atoms with Crippen LogP contribution in [0.1, 0.15) is 44.1 Å². The maximum absolute atomic E-state index is 10.4. The van der Waals surface area contributed by atoms with Crippen LogP contribution in [0.15, 0.2) is 24.5 Å². The molecule has 0 bridgehead atoms. The minimum absolute atomic E-state index is 0.422. The number of rotatable bonds is 5. The van der Waals surface area contributed by atoms with E-state index in [1.54, 1.807) is 0 Å². The third-order valence-electron chi connectivity index (χ3n) is 5.00. The van der Waals surface area contributed by atoms with Crippen LogP contribution in [0.4, 0.5) is 0 Å². The van der Waals surface area contributed by atoms with E-state index in [1.807, 2.05) is 12.4 Å². The van der Waals surface area contributed by atoms with E-state index in [1.165, 1.54) is 31.2 Å². The highest BCUT2D eigenvalue weighted by atomic mass is 16.3. The van der Waals surface area contributed by atoms with Crippen LogP contribution in [0.3, 0.4) is 0 Å². The van der Waals surface area contributed by atoms with Crippen LogP contribution in [0, 0.1) is 0 Å². The van der Waals surface area contributed by atoms with Gasteiger partial charge in [0, 0.05) is 31.5 Å². The largest absolute Gasteiger partial charge is 0.389 e. The highest BCUT2D eigenvalue weighted by Crippen LogP contribution is 2.29. The smallest absolute Gasteiger partial charge is 0.0771 e. The van der Waals surface area contributed by atoms with Crippen molar-refractivity contribution in [2.45, 2.75) is 56.7 Å². The van der Waals surface area contributed by atoms with Crippen molar-refractivity contribution >= 4 is 0 Å². The summed E-state index contributed by atoms with van der Waals surface area (Å²) in [6.07, 6.45) is 10.4. The Morgan fingerprint density at radius 1 is 1.19 bits per heavy atom. The van der Waals surface area contributed by atoms with E-state index in [4.69, 9.17) is 0 Å². The summed E-state index contributed by atoms with van der Waals surface area (Å²) in [5.41, 5.74) is 0.922. The van der Waals surface area contributed by atoms with E-state index < -0.39 is 5.60 Å². The van der Waals surface area contributed by atoms with Crippen LogP contribution in [-0.2, 0) is 6.54 Å². The molecule has 0 radical (unpaired) electrons. The summed E-state index contributed by atoms with van der Waals surface area (Å²) in [4.78, 5) is 6.58. The topological polar surface area (TPSA) is 48.4 Å². The Balaban J connectivity index is 1.39. The quantitative estimate of drug-likeness (QED) is 0.870. The average molecular weight is 289 g/mol. The number of nitrogens with zero attached hydrogens (tertiary/aromatic N) is 2. The Kier molecular flexibility index (Phi) is 4.88. The summed E-state index contributed by atoms with van der Waals surface area (Å²) in [7, 11) is 0. The first-order valence-corrected chi connectivity index (χ1v) is 8.31. The molecule has 3 rings (SSSR count). The Morgan fingerprint density at radius 2 is 1.86 bits per heavy atom. The molecule has 1 saturated carbocycles. The SMILES string of the molecule is OC1(CNC2CCN(Cc3ccncc3)CC2)CCCC1. The predicted octanol–water partition coefficient (Wildman–Crippen LogP) is 1.94. The number of pyridine rings is 1. The fourth-order valence-corrected chi connectivity index (χ4v) is 3.59. The van der Waals surface area contributed by atoms with Crippen molar-refractivity contribution in [3.05, 3.63) is 30.1 Å². The summed E-state index contributed by atoms with van der Waals surface area (Å²) in [5, 5.41) is 14.0. The molecule has 0 atom stereocenters. The van der Waals surface area contributed by atoms with Gasteiger partial charge in [-0.2, -0.15) is 0 Å². The van der Waals surface area contributed by atoms with E-state index in [0.717, 1.165) is 39.0 Å². The van der Waals surface area contributed by atoms with Gasteiger partial charge in [-0.1, -0.05) is 12.8 Å². The van der Waals surface area contributed by atoms with Crippen molar-refractivity contribution in [1.82, 2.24) is 15.2 Å². The lowest BCUT2D eigenvalue weighted by atomic mass is 9.99. The van der Waals surface area contributed by atoms with Crippen LogP contribution < -0.4 is 5.32 Å². The average Bonchev–Trinajstić information content (AvgIpc) is 2.95. The zero-order chi connectivity index (χ0) is 14.5. The van der Waals surface area contributed by atoms with E-state index in [0.29, 0.717) is 6.04 Å². The van der Waals surface area contributed by atoms with Crippen molar-refractivity contribution in [2.24, 2.45) is 0 Å². The Bertz CT molecular complexity index is 423. The van der Waals surface area contributed by atoms with Crippen molar-refractivity contribution in [3.8, 4) is 0 Å². The van der Waals surface area contributed by atoms with Gasteiger partial charge in [-0.05, 0) is 56.5 Å². The van der Waals surface area contributed by atoms with Gasteiger partial charge in [-0.3, -0.25) is 9.88 Å². The van der Waals surface area contributed by atoms with Crippen LogP contribution in [-0.4, -0.2) is 46.3 Å². The van der Waals surface area contributed by atoms with Crippen molar-refractivity contribution in [1.29, 1.82) is 0 Å². The number of nitrogens with one attached hydrogen (secondary N) is 1. The van der Waals surface area contributed by atoms with Gasteiger partial charge in [0.05, 0.1) is 5.60 Å². The molecule has 21 heavy (non-hydrogen) atoms. The number of piperidine rings is 1. The highest BCUT2D eigenvalue weighted by molar-refractivity contribution is 5.09. The Labute approximate surface area is 127 Å². The summed E-state index contributed by atoms with van der Waals surface area (Å²) in [5.74, 6) is 0. The molecule has 2 heterocycles. The molecule has 4 heteroatoms. The molecular formula is C17H27N3O. The molecule has 0 amide bonds. The minimum atomic E-state index is -0.422. The third-order valence-corrected chi connectivity index (χ3v) is 5.00. The standard InChI is InChI=1S/C17H27N3O/c21-17(7-1-2-8-17)14-19-16-5-11-20(12-6-16)13-15-3-9-18-10-4-15/h3-4,9-10,16,19,21H,1-2,5-8,11-14H2. The van der Waals surface area contributed by atoms with Gasteiger partial charge in [0.1, 0.15) is 0 Å². The highest BCUT2D eigenvalue weighted by Gasteiger charge is 2.31. The van der Waals surface area contributed by atoms with Crippen LogP contribution >= 0.6 is 0 Å². The van der Waals surface area contributed by atoms with E-state index in [9.17, 15) is 5.11 Å². The van der Waals surface area contributed by atoms with Crippen LogP contribution in [0.2, 0.25) is 0 Å². The molecule has 2 fully saturated rings. The number of aromatic nitrogens is 1. The monoisotopic (exact) mass is 289 g/mol. The summed E-state index contributed by atoms with van der Waals surface area (Å²) >= 11 is 0. The lowest BCUT2D eigenvalue weighted by Crippen LogP contribution is -2.47. The normalized spacial score (nSPS) is 23.5. The van der Waals surface area contributed by atoms with E-state index in [2.05, 4.69) is 27.3 Å². The first-order valence-electron chi connectivity index (χ1n) is 8.31. The number of hydrogen-bond acceptors (Lipinski definition) is 4. The zero-order valence-corrected chi connectivity index (χ0v) is 12.8. The van der Waals surface area contributed by atoms with Crippen molar-refractivity contribution in [3.63, 3.8) is 0 Å². The fraction of sp³-hybridized carbons (Fsp3) is 0.706. The Morgan fingerprint density at radius 3 is 2.52 bits per heavy atom. The minimum Gasteiger partial charge on any atom is -0.389 e. The number of aliphatic hydroxyl groups is 1. The van der Waals surface area contributed by atoms with Gasteiger partial charge in [0.15, 0.2) is 0 Å². The number of likely N-dealkylation sites (tertiary alicyclic amines) is 1. The molecular weight excluding hydrogens is 262 g/mol. The maximum atomic E-state index is 10.4. The molecule has 2 aliphatic rings. The zero-order valence-electron chi connectivity index (χ0n) is 12.8. The fourth-order valence-electron chi connectivity index (χ4n) is 3.59. The molecule has 1 saturated heterocycles. The van der Waals surface area contributed by atoms with Gasteiger partial charge >= 0.3 is 0 Å². The van der Waals surface area contributed by atoms with Gasteiger partial charge in [0.25, 0.3) is 0 Å². The van der Waals surface area contributed by atoms with Crippen molar-refractivity contribution in [2.75, 3.05) is 19.6 Å². The molecule has 1 aromatic rings. The van der Waals surface area contributed by atoms with Crippen molar-refractivity contribution < 1.29 is 5.11 Å². The Hall–Kier alpha value is -0.970. The van der Waals surface area contributed by atoms with E-state index >= 15 is 0 Å². The first kappa shape index (κ1) is 14.9. The second-order valence-electron chi connectivity index (χ2n) is 6.72. The van der Waals surface area contributed by atoms with Crippen LogP contribution in [0.25, 0.3) is 0 Å². The molecule has 1 aromatic heterocycles. The summed E-state index contributed by atoms with van der Waals surface area (Å²) in [6.45, 7) is 4.08. The summed E-state index contributed by atoms with van der Waals surface area (Å²) in [6, 6.07) is 4.77. The van der Waals surface area contributed by atoms with Crippen LogP contribution in [0.5, 0.6) is 0 Å². The molecule has 1 aliphatic carbocycles. The summed E-state index contributed by atoms with van der Waals surface area (Å²) < 4.78 is 0. The van der Waals surface area contributed by atoms with Gasteiger partial charge in [-0.25, -0.2) is 0 Å². The third kappa shape index (κ3) is 4.25. The molecule has 116 valence electrons. The molecule has 0 spiro atoms. The predicted molar refractivity (Wildman–Crippen MR) is 84.0 cm³/mol. The van der Waals surface area contributed by atoms with Gasteiger partial charge in [0.2, 0.25) is 0 Å². The second kappa shape index (κ2) is 6.86. The maximum Gasteiger partial charge on any atom is 0.0771 e. The molecule has 4 nitrogen and oxygen atoms in total. The lowest BCUT2D eigenvalue weighted by molar-refractivity contribution is 0.0415. The lowest BCUT2D eigenvalue weighted by Gasteiger charge is -2.34.